The van der Waals surface area contributed by atoms with E-state index < -0.39 is 0 Å². The van der Waals surface area contributed by atoms with Crippen LogP contribution in [0.4, 0.5) is 0 Å². The second kappa shape index (κ2) is 6.51. The Morgan fingerprint density at radius 1 is 1.33 bits per heavy atom. The second-order valence-electron chi connectivity index (χ2n) is 5.05. The van der Waals surface area contributed by atoms with Crippen LogP contribution in [0.3, 0.4) is 0 Å². The molecule has 0 radical (unpaired) electrons. The monoisotopic (exact) mass is 318 g/mol. The van der Waals surface area contributed by atoms with Crippen LogP contribution < -0.4 is 5.32 Å². The van der Waals surface area contributed by atoms with E-state index in [2.05, 4.69) is 51.5 Å². The molecule has 0 fully saturated rings. The lowest BCUT2D eigenvalue weighted by Crippen LogP contribution is -2.33. The van der Waals surface area contributed by atoms with Gasteiger partial charge in [0, 0.05) is 41.3 Å². The molecule has 4 nitrogen and oxygen atoms in total. The second-order valence-corrected chi connectivity index (χ2v) is 6.69. The van der Waals surface area contributed by atoms with Gasteiger partial charge in [0.05, 0.1) is 11.7 Å². The molecule has 3 aromatic rings. The van der Waals surface area contributed by atoms with Crippen LogP contribution in [-0.2, 0) is 6.54 Å². The van der Waals surface area contributed by atoms with Crippen LogP contribution >= 0.6 is 22.7 Å². The highest BCUT2D eigenvalue weighted by atomic mass is 32.1. The van der Waals surface area contributed by atoms with Gasteiger partial charge in [-0.1, -0.05) is 0 Å². The first-order valence-electron chi connectivity index (χ1n) is 6.93. The molecule has 6 heteroatoms. The zero-order chi connectivity index (χ0) is 14.7. The number of nitrogens with one attached hydrogen (secondary N) is 1. The molecular weight excluding hydrogens is 300 g/mol. The normalized spacial score (nSPS) is 14.2. The van der Waals surface area contributed by atoms with Crippen molar-refractivity contribution < 1.29 is 0 Å². The quantitative estimate of drug-likeness (QED) is 0.751. The lowest BCUT2D eigenvalue weighted by molar-refractivity contribution is 0.364. The van der Waals surface area contributed by atoms with Gasteiger partial charge in [-0.3, -0.25) is 4.68 Å². The van der Waals surface area contributed by atoms with Crippen LogP contribution in [0.25, 0.3) is 10.6 Å². The minimum atomic E-state index is 0.315. The Morgan fingerprint density at radius 2 is 2.24 bits per heavy atom. The summed E-state index contributed by atoms with van der Waals surface area (Å²) in [6, 6.07) is 4.71. The van der Waals surface area contributed by atoms with E-state index in [4.69, 9.17) is 0 Å². The van der Waals surface area contributed by atoms with Gasteiger partial charge >= 0.3 is 0 Å². The van der Waals surface area contributed by atoms with Crippen LogP contribution in [0.15, 0.2) is 40.7 Å². The SMILES string of the molecule is C[C@@H](NCc1csc(-c2ccsc2)n1)[C@H](C)n1cccn1. The minimum Gasteiger partial charge on any atom is -0.306 e. The van der Waals surface area contributed by atoms with Crippen LogP contribution in [0.2, 0.25) is 0 Å². The van der Waals surface area contributed by atoms with Gasteiger partial charge in [-0.2, -0.15) is 16.4 Å². The Balaban J connectivity index is 1.58. The number of thiophene rings is 1. The van der Waals surface area contributed by atoms with Gasteiger partial charge in [-0.25, -0.2) is 4.98 Å². The van der Waals surface area contributed by atoms with Crippen LogP contribution in [0.1, 0.15) is 25.6 Å². The average molecular weight is 318 g/mol. The van der Waals surface area contributed by atoms with E-state index in [0.717, 1.165) is 17.2 Å². The summed E-state index contributed by atoms with van der Waals surface area (Å²) in [5.74, 6) is 0. The maximum Gasteiger partial charge on any atom is 0.124 e. The Labute approximate surface area is 132 Å². The summed E-state index contributed by atoms with van der Waals surface area (Å²) in [6.07, 6.45) is 3.82. The van der Waals surface area contributed by atoms with E-state index >= 15 is 0 Å². The highest BCUT2D eigenvalue weighted by Crippen LogP contribution is 2.25. The van der Waals surface area contributed by atoms with E-state index in [1.54, 1.807) is 22.7 Å². The van der Waals surface area contributed by atoms with E-state index in [-0.39, 0.29) is 0 Å². The number of thiazole rings is 1. The number of hydrogen-bond acceptors (Lipinski definition) is 5. The molecule has 3 heterocycles. The molecule has 0 saturated heterocycles. The lowest BCUT2D eigenvalue weighted by Gasteiger charge is -2.21. The first-order chi connectivity index (χ1) is 10.2. The molecule has 0 unspecified atom stereocenters. The Morgan fingerprint density at radius 3 is 2.95 bits per heavy atom. The maximum absolute atomic E-state index is 4.69. The molecule has 0 aliphatic rings. The van der Waals surface area contributed by atoms with Crippen molar-refractivity contribution >= 4 is 22.7 Å². The topological polar surface area (TPSA) is 42.7 Å². The number of hydrogen-bond donors (Lipinski definition) is 1. The predicted octanol–water partition coefficient (Wildman–Crippen LogP) is 3.81. The standard InChI is InChI=1S/C15H18N4S2/c1-11(12(2)19-6-3-5-17-19)16-8-14-10-21-15(18-14)13-4-7-20-9-13/h3-7,9-12,16H,8H2,1-2H3/t11-,12+/m1/s1. The largest absolute Gasteiger partial charge is 0.306 e. The molecule has 0 aromatic carbocycles. The highest BCUT2D eigenvalue weighted by Gasteiger charge is 2.14. The van der Waals surface area contributed by atoms with Gasteiger partial charge in [-0.15, -0.1) is 11.3 Å². The predicted molar refractivity (Wildman–Crippen MR) is 88.7 cm³/mol. The van der Waals surface area contributed by atoms with Gasteiger partial charge in [0.1, 0.15) is 5.01 Å². The van der Waals surface area contributed by atoms with E-state index in [1.807, 2.05) is 23.1 Å². The first kappa shape index (κ1) is 14.4. The van der Waals surface area contributed by atoms with Gasteiger partial charge in [0.2, 0.25) is 0 Å². The summed E-state index contributed by atoms with van der Waals surface area (Å²) in [7, 11) is 0. The maximum atomic E-state index is 4.69. The fraction of sp³-hybridized carbons (Fsp3) is 0.333. The van der Waals surface area contributed by atoms with E-state index in [1.165, 1.54) is 5.56 Å². The van der Waals surface area contributed by atoms with Crippen LogP contribution in [0, 0.1) is 0 Å². The molecule has 0 amide bonds. The fourth-order valence-corrected chi connectivity index (χ4v) is 3.63. The summed E-state index contributed by atoms with van der Waals surface area (Å²) >= 11 is 3.41. The highest BCUT2D eigenvalue weighted by molar-refractivity contribution is 7.14. The van der Waals surface area contributed by atoms with Crippen molar-refractivity contribution in [1.82, 2.24) is 20.1 Å². The number of nitrogens with zero attached hydrogens (tertiary/aromatic N) is 3. The molecule has 0 spiro atoms. The third kappa shape index (κ3) is 3.40. The van der Waals surface area contributed by atoms with Gasteiger partial charge in [-0.05, 0) is 31.4 Å². The zero-order valence-electron chi connectivity index (χ0n) is 12.1. The van der Waals surface area contributed by atoms with E-state index in [0.29, 0.717) is 12.1 Å². The van der Waals surface area contributed by atoms with Crippen molar-refractivity contribution in [2.75, 3.05) is 0 Å². The summed E-state index contributed by atoms with van der Waals surface area (Å²) in [4.78, 5) is 4.69. The van der Waals surface area contributed by atoms with Crippen molar-refractivity contribution in [3.8, 4) is 10.6 Å². The fourth-order valence-electron chi connectivity index (χ4n) is 2.09. The Hall–Kier alpha value is -1.50. The van der Waals surface area contributed by atoms with Crippen molar-refractivity contribution in [2.45, 2.75) is 32.5 Å². The van der Waals surface area contributed by atoms with Crippen molar-refractivity contribution in [2.24, 2.45) is 0 Å². The zero-order valence-corrected chi connectivity index (χ0v) is 13.7. The Bertz CT molecular complexity index is 658. The molecule has 0 saturated carbocycles. The van der Waals surface area contributed by atoms with Crippen molar-refractivity contribution in [3.05, 3.63) is 46.4 Å². The summed E-state index contributed by atoms with van der Waals surface area (Å²) in [5.41, 5.74) is 2.31. The number of aromatic nitrogens is 3. The first-order valence-corrected chi connectivity index (χ1v) is 8.76. The summed E-state index contributed by atoms with van der Waals surface area (Å²) in [6.45, 7) is 5.13. The average Bonchev–Trinajstić information content (AvgIpc) is 3.25. The molecular formula is C15H18N4S2. The lowest BCUT2D eigenvalue weighted by atomic mass is 10.2. The summed E-state index contributed by atoms with van der Waals surface area (Å²) in [5, 5.41) is 15.3. The number of rotatable bonds is 6. The molecule has 0 aliphatic carbocycles. The molecule has 2 atom stereocenters. The molecule has 3 rings (SSSR count). The summed E-state index contributed by atoms with van der Waals surface area (Å²) < 4.78 is 1.98. The smallest absolute Gasteiger partial charge is 0.124 e. The molecule has 0 aliphatic heterocycles. The molecule has 21 heavy (non-hydrogen) atoms. The van der Waals surface area contributed by atoms with Gasteiger partial charge < -0.3 is 5.32 Å². The van der Waals surface area contributed by atoms with Crippen molar-refractivity contribution in [3.63, 3.8) is 0 Å². The minimum absolute atomic E-state index is 0.315. The van der Waals surface area contributed by atoms with Gasteiger partial charge in [0.15, 0.2) is 0 Å². The molecule has 1 N–H and O–H groups in total. The molecule has 110 valence electrons. The Kier molecular flexibility index (Phi) is 4.48. The molecule has 0 bridgehead atoms. The van der Waals surface area contributed by atoms with E-state index in [9.17, 15) is 0 Å². The third-order valence-electron chi connectivity index (χ3n) is 3.59. The van der Waals surface area contributed by atoms with Crippen LogP contribution in [0.5, 0.6) is 0 Å². The van der Waals surface area contributed by atoms with Crippen molar-refractivity contribution in [1.29, 1.82) is 0 Å². The third-order valence-corrected chi connectivity index (χ3v) is 5.21. The van der Waals surface area contributed by atoms with Crippen LogP contribution in [-0.4, -0.2) is 20.8 Å². The van der Waals surface area contributed by atoms with Gasteiger partial charge in [0.25, 0.3) is 0 Å². The molecule has 3 aromatic heterocycles.